The van der Waals surface area contributed by atoms with Crippen molar-refractivity contribution in [3.8, 4) is 5.75 Å². The molecule has 3 fully saturated rings. The summed E-state index contributed by atoms with van der Waals surface area (Å²) in [6.45, 7) is 11.6. The van der Waals surface area contributed by atoms with Gasteiger partial charge in [0, 0.05) is 23.0 Å². The lowest BCUT2D eigenvalue weighted by molar-refractivity contribution is -0.382. The Morgan fingerprint density at radius 2 is 1.77 bits per heavy atom. The number of fused-ring (bicyclic) bond motifs is 1. The number of aliphatic hydroxyl groups excluding tert-OH is 1. The van der Waals surface area contributed by atoms with Crippen LogP contribution in [-0.2, 0) is 19.9 Å². The molecule has 5 rings (SSSR count). The van der Waals surface area contributed by atoms with E-state index >= 15 is 0 Å². The van der Waals surface area contributed by atoms with Crippen LogP contribution in [0.3, 0.4) is 0 Å². The molecule has 6 heteroatoms. The summed E-state index contributed by atoms with van der Waals surface area (Å²) in [6, 6.07) is 3.71. The standard InChI is InChI=1S/C25H32O6/c1-12-17(29-7)9-8-16-18(12)19(26)21(28)23(6)15-10-11-24(16,23)31-25(13(15)2)20(27)14(3)22(4,5)30-25/h8-9,13-15,20,27H,10-11H2,1-7H3/t13-,14?,15+,20?,23+,24?,25+/m1/s1. The third kappa shape index (κ3) is 2.10. The first-order valence-electron chi connectivity index (χ1n) is 11.2. The molecule has 7 atom stereocenters. The molecule has 31 heavy (non-hydrogen) atoms. The summed E-state index contributed by atoms with van der Waals surface area (Å²) in [5.74, 6) is -2.05. The van der Waals surface area contributed by atoms with Crippen LogP contribution >= 0.6 is 0 Å². The van der Waals surface area contributed by atoms with Crippen LogP contribution < -0.4 is 4.74 Å². The zero-order valence-corrected chi connectivity index (χ0v) is 19.4. The monoisotopic (exact) mass is 428 g/mol. The van der Waals surface area contributed by atoms with Crippen LogP contribution in [0.1, 0.15) is 68.9 Å². The van der Waals surface area contributed by atoms with Gasteiger partial charge in [-0.05, 0) is 58.1 Å². The highest BCUT2D eigenvalue weighted by Gasteiger charge is 2.78. The van der Waals surface area contributed by atoms with Gasteiger partial charge < -0.3 is 19.3 Å². The van der Waals surface area contributed by atoms with Gasteiger partial charge in [0.1, 0.15) is 17.5 Å². The summed E-state index contributed by atoms with van der Waals surface area (Å²) in [4.78, 5) is 27.1. The van der Waals surface area contributed by atoms with Crippen LogP contribution in [0.4, 0.5) is 0 Å². The lowest BCUT2D eigenvalue weighted by atomic mass is 9.54. The molecule has 168 valence electrons. The van der Waals surface area contributed by atoms with E-state index in [1.165, 1.54) is 0 Å². The number of Topliss-reactive ketones (excluding diaryl/α,β-unsaturated/α-hetero) is 2. The summed E-state index contributed by atoms with van der Waals surface area (Å²) in [5.41, 5.74) is -0.849. The maximum Gasteiger partial charge on any atom is 0.230 e. The van der Waals surface area contributed by atoms with E-state index < -0.39 is 40.1 Å². The Morgan fingerprint density at radius 1 is 1.10 bits per heavy atom. The number of benzene rings is 1. The number of hydrogen-bond donors (Lipinski definition) is 1. The van der Waals surface area contributed by atoms with Crippen LogP contribution in [0.25, 0.3) is 0 Å². The van der Waals surface area contributed by atoms with Gasteiger partial charge in [-0.25, -0.2) is 0 Å². The summed E-state index contributed by atoms with van der Waals surface area (Å²) in [7, 11) is 1.55. The lowest BCUT2D eigenvalue weighted by Crippen LogP contribution is -2.69. The van der Waals surface area contributed by atoms with Crippen molar-refractivity contribution in [2.24, 2.45) is 23.2 Å². The molecule has 1 aromatic carbocycles. The predicted molar refractivity (Wildman–Crippen MR) is 113 cm³/mol. The van der Waals surface area contributed by atoms with Crippen molar-refractivity contribution in [2.45, 2.75) is 77.5 Å². The molecular formula is C25H32O6. The molecule has 2 aliphatic heterocycles. The van der Waals surface area contributed by atoms with Crippen molar-refractivity contribution in [3.05, 3.63) is 28.8 Å². The fourth-order valence-corrected chi connectivity index (χ4v) is 7.21. The summed E-state index contributed by atoms with van der Waals surface area (Å²) < 4.78 is 18.9. The van der Waals surface area contributed by atoms with Gasteiger partial charge in [-0.1, -0.05) is 19.9 Å². The predicted octanol–water partition coefficient (Wildman–Crippen LogP) is 3.55. The Morgan fingerprint density at radius 3 is 2.35 bits per heavy atom. The van der Waals surface area contributed by atoms with Crippen molar-refractivity contribution >= 4 is 11.6 Å². The second-order valence-corrected chi connectivity index (χ2v) is 10.7. The minimum Gasteiger partial charge on any atom is -0.496 e. The second-order valence-electron chi connectivity index (χ2n) is 10.7. The molecular weight excluding hydrogens is 396 g/mol. The van der Waals surface area contributed by atoms with Gasteiger partial charge in [0.15, 0.2) is 5.79 Å². The molecule has 1 spiro atoms. The highest BCUT2D eigenvalue weighted by Crippen LogP contribution is 2.71. The van der Waals surface area contributed by atoms with Gasteiger partial charge >= 0.3 is 0 Å². The van der Waals surface area contributed by atoms with E-state index in [9.17, 15) is 14.7 Å². The molecule has 1 N–H and O–H groups in total. The number of rotatable bonds is 1. The topological polar surface area (TPSA) is 82.1 Å². The van der Waals surface area contributed by atoms with E-state index in [1.807, 2.05) is 53.7 Å². The van der Waals surface area contributed by atoms with Gasteiger partial charge in [-0.3, -0.25) is 9.59 Å². The average molecular weight is 429 g/mol. The zero-order valence-electron chi connectivity index (χ0n) is 19.4. The minimum atomic E-state index is -1.23. The highest BCUT2D eigenvalue weighted by molar-refractivity contribution is 6.47. The van der Waals surface area contributed by atoms with Crippen molar-refractivity contribution < 1.29 is 28.9 Å². The van der Waals surface area contributed by atoms with E-state index in [2.05, 4.69) is 0 Å². The zero-order chi connectivity index (χ0) is 22.7. The number of carbonyl (C=O) groups excluding carboxylic acids is 2. The quantitative estimate of drug-likeness (QED) is 0.689. The van der Waals surface area contributed by atoms with E-state index in [0.29, 0.717) is 23.3 Å². The number of aliphatic hydroxyl groups is 1. The Labute approximate surface area is 183 Å². The van der Waals surface area contributed by atoms with E-state index in [0.717, 1.165) is 12.0 Å². The molecule has 0 amide bonds. The second kappa shape index (κ2) is 5.97. The molecule has 2 aliphatic carbocycles. The Hall–Kier alpha value is -1.76. The fraction of sp³-hybridized carbons (Fsp3) is 0.680. The largest absolute Gasteiger partial charge is 0.496 e. The number of ether oxygens (including phenoxy) is 3. The average Bonchev–Trinajstić information content (AvgIpc) is 3.05. The maximum absolute atomic E-state index is 13.7. The maximum atomic E-state index is 13.7. The normalized spacial score (nSPS) is 45.0. The van der Waals surface area contributed by atoms with Crippen LogP contribution in [0.2, 0.25) is 0 Å². The van der Waals surface area contributed by atoms with Gasteiger partial charge in [-0.15, -0.1) is 0 Å². The van der Waals surface area contributed by atoms with E-state index in [-0.39, 0.29) is 17.8 Å². The van der Waals surface area contributed by atoms with Crippen LogP contribution in [0, 0.1) is 30.1 Å². The van der Waals surface area contributed by atoms with Crippen molar-refractivity contribution in [1.82, 2.24) is 0 Å². The van der Waals surface area contributed by atoms with Crippen LogP contribution in [0.15, 0.2) is 12.1 Å². The summed E-state index contributed by atoms with van der Waals surface area (Å²) >= 11 is 0. The van der Waals surface area contributed by atoms with Gasteiger partial charge in [0.25, 0.3) is 0 Å². The first-order valence-corrected chi connectivity index (χ1v) is 11.2. The lowest BCUT2D eigenvalue weighted by Gasteiger charge is -2.59. The van der Waals surface area contributed by atoms with Crippen molar-refractivity contribution in [2.75, 3.05) is 7.11 Å². The first kappa shape index (κ1) is 21.1. The Kier molecular flexibility index (Phi) is 4.07. The smallest absolute Gasteiger partial charge is 0.230 e. The molecule has 2 bridgehead atoms. The summed E-state index contributed by atoms with van der Waals surface area (Å²) in [6.07, 6.45) is 0.492. The summed E-state index contributed by atoms with van der Waals surface area (Å²) in [5, 5.41) is 11.4. The van der Waals surface area contributed by atoms with Gasteiger partial charge in [-0.2, -0.15) is 0 Å². The van der Waals surface area contributed by atoms with Crippen LogP contribution in [-0.4, -0.2) is 41.3 Å². The van der Waals surface area contributed by atoms with Crippen molar-refractivity contribution in [1.29, 1.82) is 0 Å². The highest BCUT2D eigenvalue weighted by atomic mass is 16.7. The molecule has 1 saturated carbocycles. The van der Waals surface area contributed by atoms with Gasteiger partial charge in [0.2, 0.25) is 11.6 Å². The number of ketones is 2. The number of hydrogen-bond acceptors (Lipinski definition) is 6. The SMILES string of the molecule is COc1ccc2c(c1C)C(=O)C(=O)[C@]1(C)[C@H]3CCC21O[C@@]1(OC(C)(C)C(C)C1O)[C@@H]3C. The van der Waals surface area contributed by atoms with Crippen LogP contribution in [0.5, 0.6) is 5.75 Å². The first-order chi connectivity index (χ1) is 14.4. The molecule has 3 unspecified atom stereocenters. The fourth-order valence-electron chi connectivity index (χ4n) is 7.21. The molecule has 2 heterocycles. The third-order valence-electron chi connectivity index (χ3n) is 9.34. The van der Waals surface area contributed by atoms with Crippen molar-refractivity contribution in [3.63, 3.8) is 0 Å². The molecule has 4 aliphatic rings. The number of methoxy groups -OCH3 is 1. The molecule has 0 radical (unpaired) electrons. The third-order valence-corrected chi connectivity index (χ3v) is 9.34. The molecule has 1 aromatic rings. The Balaban J connectivity index is 1.79. The molecule has 6 nitrogen and oxygen atoms in total. The van der Waals surface area contributed by atoms with E-state index in [4.69, 9.17) is 14.2 Å². The van der Waals surface area contributed by atoms with E-state index in [1.54, 1.807) is 7.11 Å². The number of carbonyl (C=O) groups is 2. The Bertz CT molecular complexity index is 1010. The molecule has 2 saturated heterocycles. The van der Waals surface area contributed by atoms with Gasteiger partial charge in [0.05, 0.1) is 18.1 Å². The molecule has 0 aromatic heterocycles. The minimum absolute atomic E-state index is 0.135.